The number of hydrogen-bond donors (Lipinski definition) is 1. The van der Waals surface area contributed by atoms with Crippen molar-refractivity contribution in [3.63, 3.8) is 0 Å². The van der Waals surface area contributed by atoms with E-state index in [0.717, 1.165) is 14.7 Å². The van der Waals surface area contributed by atoms with Crippen molar-refractivity contribution in [2.75, 3.05) is 30.3 Å². The molecule has 9 heteroatoms. The number of nitrogens with zero attached hydrogens (tertiary/aromatic N) is 2. The maximum absolute atomic E-state index is 14.2. The first-order chi connectivity index (χ1) is 13.1. The maximum Gasteiger partial charge on any atom is 0.304 e. The molecule has 1 N–H and O–H groups in total. The van der Waals surface area contributed by atoms with Gasteiger partial charge >= 0.3 is 10.2 Å². The van der Waals surface area contributed by atoms with Crippen molar-refractivity contribution in [1.82, 2.24) is 4.31 Å². The first kappa shape index (κ1) is 21.6. The van der Waals surface area contributed by atoms with Gasteiger partial charge in [0.2, 0.25) is 5.91 Å². The summed E-state index contributed by atoms with van der Waals surface area (Å²) < 4.78 is 46.6. The van der Waals surface area contributed by atoms with Crippen molar-refractivity contribution in [2.45, 2.75) is 20.0 Å². The molecule has 0 radical (unpaired) electrons. The second-order valence-electron chi connectivity index (χ2n) is 6.49. The molecule has 7 nitrogen and oxygen atoms in total. The van der Waals surface area contributed by atoms with Crippen molar-refractivity contribution in [2.24, 2.45) is 0 Å². The third kappa shape index (κ3) is 5.43. The Labute approximate surface area is 164 Å². The standard InChI is InChI=1S/C19H24FN3O4S/c1-14(2)27-16-11-9-15(10-12-16)21-19(24)13-23(28(25,26)22(3)4)18-8-6-5-7-17(18)20/h5-12,14H,13H2,1-4H3,(H,21,24). The molecule has 152 valence electrons. The number of halogens is 1. The minimum atomic E-state index is -4.08. The SMILES string of the molecule is CC(C)Oc1ccc(NC(=O)CN(c2ccccc2F)S(=O)(=O)N(C)C)cc1. The van der Waals surface area contributed by atoms with Crippen molar-refractivity contribution >= 4 is 27.5 Å². The molecule has 0 spiro atoms. The fourth-order valence-corrected chi connectivity index (χ4v) is 3.43. The first-order valence-electron chi connectivity index (χ1n) is 8.62. The third-order valence-corrected chi connectivity index (χ3v) is 5.46. The zero-order chi connectivity index (χ0) is 20.9. The topological polar surface area (TPSA) is 79.0 Å². The number of nitrogens with one attached hydrogen (secondary N) is 1. The van der Waals surface area contributed by atoms with Crippen LogP contribution in [0.5, 0.6) is 5.75 Å². The van der Waals surface area contributed by atoms with Gasteiger partial charge in [0, 0.05) is 19.8 Å². The predicted molar refractivity (Wildman–Crippen MR) is 107 cm³/mol. The summed E-state index contributed by atoms with van der Waals surface area (Å²) in [5.41, 5.74) is 0.267. The fourth-order valence-electron chi connectivity index (χ4n) is 2.36. The lowest BCUT2D eigenvalue weighted by atomic mass is 10.3. The fraction of sp³-hybridized carbons (Fsp3) is 0.316. The van der Waals surface area contributed by atoms with Crippen molar-refractivity contribution in [3.05, 3.63) is 54.3 Å². The molecule has 0 atom stereocenters. The van der Waals surface area contributed by atoms with Gasteiger partial charge in [0.1, 0.15) is 18.1 Å². The number of hydrogen-bond acceptors (Lipinski definition) is 4. The molecule has 2 rings (SSSR count). The molecular formula is C19H24FN3O4S. The van der Waals surface area contributed by atoms with Gasteiger partial charge in [-0.25, -0.2) is 8.70 Å². The quantitative estimate of drug-likeness (QED) is 0.727. The predicted octanol–water partition coefficient (Wildman–Crippen LogP) is 2.86. The van der Waals surface area contributed by atoms with Crippen molar-refractivity contribution < 1.29 is 22.3 Å². The molecule has 0 aromatic heterocycles. The Kier molecular flexibility index (Phi) is 6.98. The number of carbonyl (C=O) groups excluding carboxylic acids is 1. The average Bonchev–Trinajstić information content (AvgIpc) is 2.61. The highest BCUT2D eigenvalue weighted by atomic mass is 32.2. The molecule has 2 aromatic rings. The van der Waals surface area contributed by atoms with E-state index >= 15 is 0 Å². The van der Waals surface area contributed by atoms with Crippen LogP contribution in [-0.2, 0) is 15.0 Å². The van der Waals surface area contributed by atoms with Crippen LogP contribution in [0.2, 0.25) is 0 Å². The van der Waals surface area contributed by atoms with E-state index in [1.165, 1.54) is 32.3 Å². The summed E-state index contributed by atoms with van der Waals surface area (Å²) in [5, 5.41) is 2.61. The van der Waals surface area contributed by atoms with Crippen LogP contribution in [0.4, 0.5) is 15.8 Å². The van der Waals surface area contributed by atoms with E-state index in [4.69, 9.17) is 4.74 Å². The van der Waals surface area contributed by atoms with E-state index in [9.17, 15) is 17.6 Å². The summed E-state index contributed by atoms with van der Waals surface area (Å²) in [6, 6.07) is 12.1. The van der Waals surface area contributed by atoms with E-state index in [2.05, 4.69) is 5.32 Å². The third-order valence-electron chi connectivity index (χ3n) is 3.66. The number of anilines is 2. The monoisotopic (exact) mass is 409 g/mol. The molecule has 0 saturated heterocycles. The van der Waals surface area contributed by atoms with Gasteiger partial charge in [0.25, 0.3) is 0 Å². The molecule has 28 heavy (non-hydrogen) atoms. The van der Waals surface area contributed by atoms with Crippen molar-refractivity contribution in [3.8, 4) is 5.75 Å². The Morgan fingerprint density at radius 2 is 1.71 bits per heavy atom. The van der Waals surface area contributed by atoms with Gasteiger partial charge < -0.3 is 10.1 Å². The van der Waals surface area contributed by atoms with Gasteiger partial charge in [-0.05, 0) is 50.2 Å². The molecule has 0 saturated carbocycles. The highest BCUT2D eigenvalue weighted by Crippen LogP contribution is 2.23. The Balaban J connectivity index is 2.20. The van der Waals surface area contributed by atoms with Crippen LogP contribution in [0.1, 0.15) is 13.8 Å². The Morgan fingerprint density at radius 1 is 1.11 bits per heavy atom. The van der Waals surface area contributed by atoms with Crippen LogP contribution >= 0.6 is 0 Å². The van der Waals surface area contributed by atoms with Crippen LogP contribution in [0, 0.1) is 5.82 Å². The molecule has 1 amide bonds. The summed E-state index contributed by atoms with van der Waals surface area (Å²) in [6.07, 6.45) is 0.0195. The second-order valence-corrected chi connectivity index (χ2v) is 8.55. The van der Waals surface area contributed by atoms with E-state index in [1.807, 2.05) is 13.8 Å². The number of carbonyl (C=O) groups is 1. The lowest BCUT2D eigenvalue weighted by molar-refractivity contribution is -0.114. The number of para-hydroxylation sites is 1. The Morgan fingerprint density at radius 3 is 2.25 bits per heavy atom. The van der Waals surface area contributed by atoms with Crippen LogP contribution in [0.15, 0.2) is 48.5 Å². The Bertz CT molecular complexity index is 915. The summed E-state index contributed by atoms with van der Waals surface area (Å²) in [7, 11) is -1.45. The zero-order valence-electron chi connectivity index (χ0n) is 16.2. The van der Waals surface area contributed by atoms with E-state index in [-0.39, 0.29) is 11.8 Å². The minimum Gasteiger partial charge on any atom is -0.491 e. The Hall–Kier alpha value is -2.65. The molecule has 0 unspecified atom stereocenters. The number of benzene rings is 2. The van der Waals surface area contributed by atoms with E-state index in [0.29, 0.717) is 11.4 Å². The average molecular weight is 409 g/mol. The molecular weight excluding hydrogens is 385 g/mol. The minimum absolute atomic E-state index is 0.0195. The molecule has 2 aromatic carbocycles. The van der Waals surface area contributed by atoms with Crippen molar-refractivity contribution in [1.29, 1.82) is 0 Å². The van der Waals surface area contributed by atoms with Crippen LogP contribution in [-0.4, -0.2) is 45.4 Å². The molecule has 0 aliphatic rings. The van der Waals surface area contributed by atoms with Gasteiger partial charge in [0.05, 0.1) is 11.8 Å². The summed E-state index contributed by atoms with van der Waals surface area (Å²) in [4.78, 5) is 12.5. The van der Waals surface area contributed by atoms with Gasteiger partial charge in [-0.15, -0.1) is 0 Å². The molecule has 0 heterocycles. The lowest BCUT2D eigenvalue weighted by Crippen LogP contribution is -2.44. The highest BCUT2D eigenvalue weighted by molar-refractivity contribution is 7.90. The normalized spacial score (nSPS) is 11.5. The largest absolute Gasteiger partial charge is 0.491 e. The number of ether oxygens (including phenoxy) is 1. The second kappa shape index (κ2) is 9.03. The number of rotatable bonds is 8. The highest BCUT2D eigenvalue weighted by Gasteiger charge is 2.29. The smallest absolute Gasteiger partial charge is 0.304 e. The van der Waals surface area contributed by atoms with Crippen LogP contribution in [0.3, 0.4) is 0 Å². The van der Waals surface area contributed by atoms with Gasteiger partial charge in [-0.3, -0.25) is 4.79 Å². The lowest BCUT2D eigenvalue weighted by Gasteiger charge is -2.27. The summed E-state index contributed by atoms with van der Waals surface area (Å²) in [6.45, 7) is 3.22. The molecule has 0 aliphatic carbocycles. The molecule has 0 bridgehead atoms. The number of amides is 1. The first-order valence-corrected chi connectivity index (χ1v) is 10.0. The summed E-state index contributed by atoms with van der Waals surface area (Å²) >= 11 is 0. The zero-order valence-corrected chi connectivity index (χ0v) is 17.0. The maximum atomic E-state index is 14.2. The van der Waals surface area contributed by atoms with Crippen LogP contribution < -0.4 is 14.4 Å². The van der Waals surface area contributed by atoms with Gasteiger partial charge in [-0.2, -0.15) is 12.7 Å². The summed E-state index contributed by atoms with van der Waals surface area (Å²) in [5.74, 6) is -0.696. The van der Waals surface area contributed by atoms with Gasteiger partial charge in [0.15, 0.2) is 0 Å². The van der Waals surface area contributed by atoms with Crippen LogP contribution in [0.25, 0.3) is 0 Å². The molecule has 0 aliphatic heterocycles. The molecule has 0 fully saturated rings. The van der Waals surface area contributed by atoms with Gasteiger partial charge in [-0.1, -0.05) is 12.1 Å². The van der Waals surface area contributed by atoms with E-state index < -0.39 is 28.5 Å². The van der Waals surface area contributed by atoms with E-state index in [1.54, 1.807) is 24.3 Å².